The molecule has 0 saturated heterocycles. The average Bonchev–Trinajstić information content (AvgIpc) is 3.43. The van der Waals surface area contributed by atoms with Gasteiger partial charge in [-0.3, -0.25) is 0 Å². The molecule has 0 amide bonds. The van der Waals surface area contributed by atoms with Crippen LogP contribution >= 0.6 is 7.92 Å². The number of allylic oxidation sites excluding steroid dienone is 1. The van der Waals surface area contributed by atoms with E-state index in [0.29, 0.717) is 0 Å². The Hall–Kier alpha value is -2.24. The summed E-state index contributed by atoms with van der Waals surface area (Å²) < 4.78 is 7.50. The zero-order valence-corrected chi connectivity index (χ0v) is 18.9. The minimum Gasteiger partial charge on any atom is -0.0622 e. The summed E-state index contributed by atoms with van der Waals surface area (Å²) in [5.74, 6) is 0. The van der Waals surface area contributed by atoms with Crippen molar-refractivity contribution in [3.05, 3.63) is 142 Å². The van der Waals surface area contributed by atoms with Gasteiger partial charge in [0.25, 0.3) is 0 Å². The average molecular weight is 466 g/mol. The molecule has 1 aliphatic rings. The van der Waals surface area contributed by atoms with Crippen molar-refractivity contribution in [3.63, 3.8) is 0 Å². The van der Waals surface area contributed by atoms with Crippen molar-refractivity contribution in [2.24, 2.45) is 0 Å². The third-order valence-corrected chi connectivity index (χ3v) is 6.13. The first-order chi connectivity index (χ1) is 14.9. The van der Waals surface area contributed by atoms with E-state index in [0.717, 1.165) is 6.08 Å². The minimum absolute atomic E-state index is 0. The van der Waals surface area contributed by atoms with E-state index in [2.05, 4.69) is 104 Å². The molecule has 2 nitrogen and oxygen atoms in total. The van der Waals surface area contributed by atoms with Crippen molar-refractivity contribution in [2.75, 3.05) is 0 Å². The van der Waals surface area contributed by atoms with Gasteiger partial charge in [-0.25, -0.2) is 12.7 Å². The maximum atomic E-state index is 8.93. The standard InChI is InChI=1S/C18H15P.C5H5.C3H3O.CO.Fe/c1-4-10-16(11-5-1)19(17-12-6-2-7-13-17)18-14-8-3-9-15-18;1-2-4-5-3-1;1-2-3-4;1-2;/h1-15H;1-5H;2H,1H2;;/q;;-1;;+2. The van der Waals surface area contributed by atoms with Gasteiger partial charge in [0.1, 0.15) is 0 Å². The van der Waals surface area contributed by atoms with Crippen molar-refractivity contribution in [2.45, 2.75) is 0 Å². The van der Waals surface area contributed by atoms with Crippen LogP contribution in [0.2, 0.25) is 0 Å². The molecule has 1 aliphatic carbocycles. The van der Waals surface area contributed by atoms with Gasteiger partial charge in [0.2, 0.25) is 0 Å². The third kappa shape index (κ3) is 11.7. The minimum atomic E-state index is -0.446. The van der Waals surface area contributed by atoms with Crippen molar-refractivity contribution >= 4 is 30.1 Å². The summed E-state index contributed by atoms with van der Waals surface area (Å²) in [5, 5.41) is 4.19. The summed E-state index contributed by atoms with van der Waals surface area (Å²) >= 11 is 0. The van der Waals surface area contributed by atoms with Crippen LogP contribution < -0.4 is 15.9 Å². The summed E-state index contributed by atoms with van der Waals surface area (Å²) in [6.07, 6.45) is 12.5. The first-order valence-corrected chi connectivity index (χ1v) is 10.5. The summed E-state index contributed by atoms with van der Waals surface area (Å²) in [6, 6.07) is 32.3. The maximum absolute atomic E-state index is 8.93. The van der Waals surface area contributed by atoms with Crippen LogP contribution in [0.25, 0.3) is 0 Å². The van der Waals surface area contributed by atoms with Crippen LogP contribution in [0.5, 0.6) is 0 Å². The topological polar surface area (TPSA) is 37.0 Å². The Morgan fingerprint density at radius 1 is 0.645 bits per heavy atom. The van der Waals surface area contributed by atoms with Crippen LogP contribution in [0.1, 0.15) is 0 Å². The van der Waals surface area contributed by atoms with E-state index in [1.54, 1.807) is 0 Å². The van der Waals surface area contributed by atoms with Crippen LogP contribution in [0.15, 0.2) is 104 Å². The Morgan fingerprint density at radius 2 is 0.871 bits per heavy atom. The molecule has 0 aliphatic heterocycles. The van der Waals surface area contributed by atoms with Gasteiger partial charge in [-0.1, -0.05) is 91.0 Å². The van der Waals surface area contributed by atoms with Crippen LogP contribution in [0.4, 0.5) is 0 Å². The number of hydrogen-bond donors (Lipinski definition) is 0. The van der Waals surface area contributed by atoms with E-state index >= 15 is 0 Å². The molecular formula is C27H23FeO2P+. The smallest absolute Gasteiger partial charge is 0.0622 e. The van der Waals surface area contributed by atoms with Crippen LogP contribution in [-0.4, -0.2) is 6.29 Å². The number of benzene rings is 3. The maximum Gasteiger partial charge on any atom is 2.00 e. The van der Waals surface area contributed by atoms with Crippen molar-refractivity contribution < 1.29 is 26.5 Å². The molecule has 0 atom stereocenters. The number of hydrogen-bond acceptors (Lipinski definition) is 1. The monoisotopic (exact) mass is 466 g/mol. The molecule has 4 rings (SSSR count). The summed E-state index contributed by atoms with van der Waals surface area (Å²) in [4.78, 5) is 8.93. The molecule has 3 aromatic carbocycles. The normalized spacial score (nSPS) is 11.1. The molecule has 0 spiro atoms. The molecule has 155 valence electrons. The van der Waals surface area contributed by atoms with Crippen molar-refractivity contribution in [1.29, 1.82) is 0 Å². The quantitative estimate of drug-likeness (QED) is 0.181. The predicted octanol–water partition coefficient (Wildman–Crippen LogP) is 4.71. The predicted molar refractivity (Wildman–Crippen MR) is 126 cm³/mol. The largest absolute Gasteiger partial charge is 2.00 e. The van der Waals surface area contributed by atoms with E-state index in [9.17, 15) is 0 Å². The summed E-state index contributed by atoms with van der Waals surface area (Å²) in [6.45, 7) is 7.56. The molecule has 0 N–H and O–H groups in total. The molecule has 0 heterocycles. The van der Waals surface area contributed by atoms with Gasteiger partial charge in [-0.2, -0.15) is 0 Å². The zero-order chi connectivity index (χ0) is 21.9. The SMILES string of the molecule is C=C[C-]=O.[C-]#[O+].[CH]1[CH][CH][CH][CH]1.[Fe+2].c1ccc(P(c2ccccc2)c2ccccc2)cc1. The van der Waals surface area contributed by atoms with E-state index in [1.807, 2.05) is 32.1 Å². The second-order valence-corrected chi connectivity index (χ2v) is 7.85. The van der Waals surface area contributed by atoms with Gasteiger partial charge in [0.15, 0.2) is 0 Å². The summed E-state index contributed by atoms with van der Waals surface area (Å²) in [5.41, 5.74) is 0. The van der Waals surface area contributed by atoms with Gasteiger partial charge in [-0.15, -0.1) is 0 Å². The van der Waals surface area contributed by atoms with Crippen molar-refractivity contribution in [3.8, 4) is 0 Å². The Morgan fingerprint density at radius 3 is 1.06 bits per heavy atom. The second kappa shape index (κ2) is 19.7. The third-order valence-electron chi connectivity index (χ3n) is 3.68. The number of carbonyl (C=O) groups excluding carboxylic acids is 1. The Labute approximate surface area is 198 Å². The first-order valence-electron chi connectivity index (χ1n) is 9.17. The fraction of sp³-hybridized carbons (Fsp3) is 0. The molecule has 1 fully saturated rings. The van der Waals surface area contributed by atoms with Crippen LogP contribution in [0, 0.1) is 38.8 Å². The Bertz CT molecular complexity index is 725. The van der Waals surface area contributed by atoms with Gasteiger partial charge in [0.05, 0.1) is 0 Å². The van der Waals surface area contributed by atoms with E-state index in [1.165, 1.54) is 22.2 Å². The van der Waals surface area contributed by atoms with E-state index < -0.39 is 7.92 Å². The molecular weight excluding hydrogens is 443 g/mol. The van der Waals surface area contributed by atoms with E-state index in [4.69, 9.17) is 9.45 Å². The molecule has 5 radical (unpaired) electrons. The zero-order valence-electron chi connectivity index (χ0n) is 16.9. The first kappa shape index (κ1) is 28.8. The Kier molecular flexibility index (Phi) is 18.3. The molecule has 4 heteroatoms. The van der Waals surface area contributed by atoms with E-state index in [-0.39, 0.29) is 17.1 Å². The van der Waals surface area contributed by atoms with Crippen molar-refractivity contribution in [1.82, 2.24) is 0 Å². The van der Waals surface area contributed by atoms with Gasteiger partial charge >= 0.3 is 28.4 Å². The van der Waals surface area contributed by atoms with Crippen LogP contribution in [-0.2, 0) is 26.5 Å². The molecule has 0 bridgehead atoms. The number of rotatable bonds is 4. The van der Waals surface area contributed by atoms with Crippen LogP contribution in [0.3, 0.4) is 0 Å². The molecule has 3 aromatic rings. The van der Waals surface area contributed by atoms with Gasteiger partial charge < -0.3 is 4.79 Å². The molecule has 0 aromatic heterocycles. The van der Waals surface area contributed by atoms with Gasteiger partial charge in [0, 0.05) is 0 Å². The molecule has 0 unspecified atom stereocenters. The second-order valence-electron chi connectivity index (χ2n) is 5.63. The molecule has 31 heavy (non-hydrogen) atoms. The fourth-order valence-electron chi connectivity index (χ4n) is 2.50. The summed E-state index contributed by atoms with van der Waals surface area (Å²) in [7, 11) is -0.446. The fourth-order valence-corrected chi connectivity index (χ4v) is 4.80. The van der Waals surface area contributed by atoms with Gasteiger partial charge in [-0.05, 0) is 62.2 Å². The molecule has 1 saturated carbocycles. The Balaban J connectivity index is 0.000000626.